The van der Waals surface area contributed by atoms with Crippen molar-refractivity contribution >= 4 is 22.5 Å². The highest BCUT2D eigenvalue weighted by Crippen LogP contribution is 2.29. The van der Waals surface area contributed by atoms with Gasteiger partial charge in [-0.1, -0.05) is 62.7 Å². The molecule has 1 heterocycles. The molecule has 0 aliphatic heterocycles. The van der Waals surface area contributed by atoms with Crippen molar-refractivity contribution in [2.24, 2.45) is 0 Å². The Morgan fingerprint density at radius 3 is 2.20 bits per heavy atom. The minimum Gasteiger partial charge on any atom is -0.300 e. The highest BCUT2D eigenvalue weighted by atomic mass is 35.5. The zero-order valence-electron chi connectivity index (χ0n) is 12.0. The maximum Gasteiger partial charge on any atom is 0.114 e. The lowest BCUT2D eigenvalue weighted by Gasteiger charge is -2.19. The second-order valence-corrected chi connectivity index (χ2v) is 6.55. The van der Waals surface area contributed by atoms with Crippen molar-refractivity contribution in [1.82, 2.24) is 4.57 Å². The SMILES string of the molecule is CC(C)(C)c1ccc(-n2c(Cl)cc3ccccc32)cc1. The van der Waals surface area contributed by atoms with E-state index in [0.717, 1.165) is 21.7 Å². The van der Waals surface area contributed by atoms with Crippen molar-refractivity contribution in [2.45, 2.75) is 26.2 Å². The molecule has 0 fully saturated rings. The molecule has 2 aromatic carbocycles. The first-order valence-corrected chi connectivity index (χ1v) is 7.21. The maximum absolute atomic E-state index is 6.39. The predicted molar refractivity (Wildman–Crippen MR) is 87.0 cm³/mol. The molecule has 1 nitrogen and oxygen atoms in total. The van der Waals surface area contributed by atoms with Crippen LogP contribution < -0.4 is 0 Å². The zero-order chi connectivity index (χ0) is 14.3. The lowest BCUT2D eigenvalue weighted by atomic mass is 9.87. The van der Waals surface area contributed by atoms with Crippen molar-refractivity contribution < 1.29 is 0 Å². The average Bonchev–Trinajstić information content (AvgIpc) is 2.73. The summed E-state index contributed by atoms with van der Waals surface area (Å²) < 4.78 is 2.09. The van der Waals surface area contributed by atoms with Gasteiger partial charge in [-0.05, 0) is 35.2 Å². The first-order chi connectivity index (χ1) is 9.47. The van der Waals surface area contributed by atoms with E-state index < -0.39 is 0 Å². The number of para-hydroxylation sites is 1. The molecule has 0 saturated carbocycles. The molecule has 0 aliphatic rings. The molecule has 0 aliphatic carbocycles. The summed E-state index contributed by atoms with van der Waals surface area (Å²) in [5.41, 5.74) is 3.74. The Labute approximate surface area is 124 Å². The van der Waals surface area contributed by atoms with E-state index in [1.54, 1.807) is 0 Å². The molecule has 0 spiro atoms. The van der Waals surface area contributed by atoms with Crippen LogP contribution in [-0.2, 0) is 5.41 Å². The van der Waals surface area contributed by atoms with Crippen molar-refractivity contribution in [2.75, 3.05) is 0 Å². The van der Waals surface area contributed by atoms with Crippen molar-refractivity contribution in [3.05, 3.63) is 65.3 Å². The van der Waals surface area contributed by atoms with E-state index in [0.29, 0.717) is 0 Å². The minimum atomic E-state index is 0.168. The Kier molecular flexibility index (Phi) is 3.10. The van der Waals surface area contributed by atoms with Gasteiger partial charge >= 0.3 is 0 Å². The van der Waals surface area contributed by atoms with Crippen LogP contribution in [0.4, 0.5) is 0 Å². The standard InChI is InChI=1S/C18H18ClN/c1-18(2,3)14-8-10-15(11-9-14)20-16-7-5-4-6-13(16)12-17(20)19/h4-12H,1-3H3. The number of rotatable bonds is 1. The van der Waals surface area contributed by atoms with Crippen LogP contribution in [0.2, 0.25) is 5.15 Å². The second-order valence-electron chi connectivity index (χ2n) is 6.16. The number of benzene rings is 2. The Morgan fingerprint density at radius 1 is 0.900 bits per heavy atom. The third kappa shape index (κ3) is 2.23. The summed E-state index contributed by atoms with van der Waals surface area (Å²) in [5.74, 6) is 0. The molecule has 20 heavy (non-hydrogen) atoms. The monoisotopic (exact) mass is 283 g/mol. The highest BCUT2D eigenvalue weighted by molar-refractivity contribution is 6.31. The zero-order valence-corrected chi connectivity index (χ0v) is 12.8. The molecule has 0 N–H and O–H groups in total. The van der Waals surface area contributed by atoms with Crippen LogP contribution >= 0.6 is 11.6 Å². The summed E-state index contributed by atoms with van der Waals surface area (Å²) in [6.07, 6.45) is 0. The molecule has 3 rings (SSSR count). The number of hydrogen-bond donors (Lipinski definition) is 0. The largest absolute Gasteiger partial charge is 0.300 e. The van der Waals surface area contributed by atoms with Crippen LogP contribution in [0.25, 0.3) is 16.6 Å². The molecular formula is C18H18ClN. The van der Waals surface area contributed by atoms with Gasteiger partial charge < -0.3 is 4.57 Å². The summed E-state index contributed by atoms with van der Waals surface area (Å²) in [6.45, 7) is 6.67. The van der Waals surface area contributed by atoms with E-state index in [4.69, 9.17) is 11.6 Å². The Morgan fingerprint density at radius 2 is 1.55 bits per heavy atom. The third-order valence-electron chi connectivity index (χ3n) is 3.66. The van der Waals surface area contributed by atoms with Crippen LogP contribution in [0.5, 0.6) is 0 Å². The molecule has 0 amide bonds. The molecule has 3 aromatic rings. The molecule has 0 unspecified atom stereocenters. The average molecular weight is 284 g/mol. The molecule has 0 bridgehead atoms. The third-order valence-corrected chi connectivity index (χ3v) is 3.94. The Hall–Kier alpha value is -1.73. The van der Waals surface area contributed by atoms with Crippen molar-refractivity contribution in [3.8, 4) is 5.69 Å². The fourth-order valence-electron chi connectivity index (χ4n) is 2.49. The van der Waals surface area contributed by atoms with Gasteiger partial charge in [0.15, 0.2) is 0 Å². The van der Waals surface area contributed by atoms with Gasteiger partial charge in [0.05, 0.1) is 5.52 Å². The topological polar surface area (TPSA) is 4.93 Å². The molecule has 1 aromatic heterocycles. The Bertz CT molecular complexity index is 745. The highest BCUT2D eigenvalue weighted by Gasteiger charge is 2.14. The van der Waals surface area contributed by atoms with Gasteiger partial charge in [0.2, 0.25) is 0 Å². The van der Waals surface area contributed by atoms with E-state index >= 15 is 0 Å². The van der Waals surface area contributed by atoms with E-state index in [-0.39, 0.29) is 5.41 Å². The molecule has 0 saturated heterocycles. The van der Waals surface area contributed by atoms with E-state index in [2.05, 4.69) is 61.7 Å². The first kappa shape index (κ1) is 13.3. The molecule has 102 valence electrons. The number of halogens is 1. The van der Waals surface area contributed by atoms with Crippen molar-refractivity contribution in [1.29, 1.82) is 0 Å². The summed E-state index contributed by atoms with van der Waals surface area (Å²) in [7, 11) is 0. The van der Waals surface area contributed by atoms with E-state index in [9.17, 15) is 0 Å². The van der Waals surface area contributed by atoms with Crippen LogP contribution in [0.15, 0.2) is 54.6 Å². The van der Waals surface area contributed by atoms with Gasteiger partial charge in [0, 0.05) is 11.1 Å². The second kappa shape index (κ2) is 4.68. The van der Waals surface area contributed by atoms with Crippen LogP contribution in [0, 0.1) is 0 Å². The van der Waals surface area contributed by atoms with Gasteiger partial charge in [-0.3, -0.25) is 0 Å². The fraction of sp³-hybridized carbons (Fsp3) is 0.222. The number of nitrogens with zero attached hydrogens (tertiary/aromatic N) is 1. The maximum atomic E-state index is 6.39. The molecule has 2 heteroatoms. The number of aromatic nitrogens is 1. The quantitative estimate of drug-likeness (QED) is 0.549. The summed E-state index contributed by atoms with van der Waals surface area (Å²) in [4.78, 5) is 0. The van der Waals surface area contributed by atoms with Crippen LogP contribution in [0.3, 0.4) is 0 Å². The first-order valence-electron chi connectivity index (χ1n) is 6.84. The van der Waals surface area contributed by atoms with Gasteiger partial charge in [0.1, 0.15) is 5.15 Å². The van der Waals surface area contributed by atoms with Gasteiger partial charge in [-0.15, -0.1) is 0 Å². The van der Waals surface area contributed by atoms with Gasteiger partial charge in [0.25, 0.3) is 0 Å². The summed E-state index contributed by atoms with van der Waals surface area (Å²) in [5, 5.41) is 1.91. The minimum absolute atomic E-state index is 0.168. The number of fused-ring (bicyclic) bond motifs is 1. The predicted octanol–water partition coefficient (Wildman–Crippen LogP) is 5.58. The smallest absolute Gasteiger partial charge is 0.114 e. The molecule has 0 atom stereocenters. The van der Waals surface area contributed by atoms with E-state index in [1.165, 1.54) is 5.56 Å². The number of hydrogen-bond acceptors (Lipinski definition) is 0. The normalized spacial score (nSPS) is 12.0. The fourth-order valence-corrected chi connectivity index (χ4v) is 2.80. The Balaban J connectivity index is 2.14. The lowest BCUT2D eigenvalue weighted by Crippen LogP contribution is -2.10. The summed E-state index contributed by atoms with van der Waals surface area (Å²) >= 11 is 6.39. The van der Waals surface area contributed by atoms with Crippen LogP contribution in [0.1, 0.15) is 26.3 Å². The van der Waals surface area contributed by atoms with Gasteiger partial charge in [-0.2, -0.15) is 0 Å². The van der Waals surface area contributed by atoms with Crippen molar-refractivity contribution in [3.63, 3.8) is 0 Å². The molecular weight excluding hydrogens is 266 g/mol. The molecule has 0 radical (unpaired) electrons. The summed E-state index contributed by atoms with van der Waals surface area (Å²) in [6, 6.07) is 18.9. The van der Waals surface area contributed by atoms with Crippen LogP contribution in [-0.4, -0.2) is 4.57 Å². The lowest BCUT2D eigenvalue weighted by molar-refractivity contribution is 0.590. The van der Waals surface area contributed by atoms with Gasteiger partial charge in [-0.25, -0.2) is 0 Å². The van der Waals surface area contributed by atoms with E-state index in [1.807, 2.05) is 18.2 Å².